The fourth-order valence-electron chi connectivity index (χ4n) is 10.9. The summed E-state index contributed by atoms with van der Waals surface area (Å²) in [7, 11) is 0. The number of pyridine rings is 1. The quantitative estimate of drug-likeness (QED) is 0.152. The summed E-state index contributed by atoms with van der Waals surface area (Å²) < 4.78 is 2.40. The largest absolute Gasteiger partial charge is 0.333 e. The van der Waals surface area contributed by atoms with E-state index in [4.69, 9.17) is 0 Å². The van der Waals surface area contributed by atoms with Gasteiger partial charge in [-0.25, -0.2) is 0 Å². The third-order valence-corrected chi connectivity index (χ3v) is 14.0. The first kappa shape index (κ1) is 39.6. The van der Waals surface area contributed by atoms with Gasteiger partial charge < -0.3 is 9.47 Å². The Bertz CT molecular complexity index is 3740. The predicted molar refractivity (Wildman–Crippen MR) is 284 cm³/mol. The van der Waals surface area contributed by atoms with E-state index in [1.54, 1.807) is 0 Å². The molecule has 0 spiro atoms. The van der Waals surface area contributed by atoms with E-state index in [0.717, 1.165) is 11.3 Å². The number of hydrogen-bond acceptors (Lipinski definition) is 2. The molecule has 0 amide bonds. The molecule has 320 valence electrons. The molecular weight excluding hydrogens is 823 g/mol. The second-order valence-electron chi connectivity index (χ2n) is 17.9. The summed E-state index contributed by atoms with van der Waals surface area (Å²) in [6.45, 7) is 0. The average Bonchev–Trinajstić information content (AvgIpc) is 3.93. The first-order chi connectivity index (χ1) is 33.7. The molecule has 3 heteroatoms. The van der Waals surface area contributed by atoms with Crippen LogP contribution in [0.4, 0.5) is 11.4 Å². The molecule has 0 fully saturated rings. The van der Waals surface area contributed by atoms with Gasteiger partial charge in [0.2, 0.25) is 0 Å². The second-order valence-corrected chi connectivity index (χ2v) is 17.9. The van der Waals surface area contributed by atoms with Crippen molar-refractivity contribution in [2.75, 3.05) is 4.90 Å². The molecule has 11 aromatic rings. The van der Waals surface area contributed by atoms with Crippen molar-refractivity contribution in [1.29, 1.82) is 0 Å². The van der Waals surface area contributed by atoms with Crippen molar-refractivity contribution in [2.24, 2.45) is 0 Å². The maximum Gasteiger partial charge on any atom is 0.0630 e. The minimum Gasteiger partial charge on any atom is -0.333 e. The van der Waals surface area contributed by atoms with Gasteiger partial charge in [0.25, 0.3) is 0 Å². The minimum atomic E-state index is 0.157. The number of nitrogens with zero attached hydrogens (tertiary/aromatic N) is 3. The average molecular weight is 868 g/mol. The van der Waals surface area contributed by atoms with Crippen LogP contribution in [0.15, 0.2) is 261 Å². The summed E-state index contributed by atoms with van der Waals surface area (Å²) in [5, 5.41) is 2.45. The Morgan fingerprint density at radius 3 is 1.54 bits per heavy atom. The molecule has 2 unspecified atom stereocenters. The highest BCUT2D eigenvalue weighted by Crippen LogP contribution is 2.51. The summed E-state index contributed by atoms with van der Waals surface area (Å²) >= 11 is 0. The lowest BCUT2D eigenvalue weighted by molar-refractivity contribution is 0.747. The molecule has 1 aliphatic carbocycles. The summed E-state index contributed by atoms with van der Waals surface area (Å²) in [4.78, 5) is 6.82. The molecule has 0 radical (unpaired) electrons. The molecule has 2 aromatic heterocycles. The lowest BCUT2D eigenvalue weighted by Gasteiger charge is -2.29. The van der Waals surface area contributed by atoms with Crippen molar-refractivity contribution in [2.45, 2.75) is 12.0 Å². The number of fused-ring (bicyclic) bond motifs is 6. The van der Waals surface area contributed by atoms with E-state index in [2.05, 4.69) is 263 Å². The van der Waals surface area contributed by atoms with Crippen LogP contribution < -0.4 is 4.90 Å². The maximum absolute atomic E-state index is 4.29. The number of anilines is 2. The Labute approximate surface area is 396 Å². The summed E-state index contributed by atoms with van der Waals surface area (Å²) in [6.07, 6.45) is 11.0. The fourth-order valence-corrected chi connectivity index (χ4v) is 10.9. The van der Waals surface area contributed by atoms with Crippen LogP contribution in [0.3, 0.4) is 0 Å². The van der Waals surface area contributed by atoms with E-state index in [-0.39, 0.29) is 12.0 Å². The number of rotatable bonds is 8. The molecule has 2 atom stereocenters. The zero-order chi connectivity index (χ0) is 45.0. The summed E-state index contributed by atoms with van der Waals surface area (Å²) in [6, 6.07) is 84.3. The highest BCUT2D eigenvalue weighted by Gasteiger charge is 2.38. The normalized spacial score (nSPS) is 15.1. The van der Waals surface area contributed by atoms with Crippen molar-refractivity contribution in [3.05, 3.63) is 272 Å². The molecule has 3 heterocycles. The van der Waals surface area contributed by atoms with Crippen molar-refractivity contribution >= 4 is 38.8 Å². The van der Waals surface area contributed by atoms with Gasteiger partial charge in [0.1, 0.15) is 0 Å². The molecule has 0 bridgehead atoms. The van der Waals surface area contributed by atoms with Gasteiger partial charge in [-0.1, -0.05) is 170 Å². The molecule has 68 heavy (non-hydrogen) atoms. The van der Waals surface area contributed by atoms with Crippen LogP contribution in [0.25, 0.3) is 88.7 Å². The molecule has 0 saturated heterocycles. The monoisotopic (exact) mass is 867 g/mol. The number of hydrogen-bond donors (Lipinski definition) is 0. The molecule has 13 rings (SSSR count). The molecule has 2 aliphatic rings. The van der Waals surface area contributed by atoms with Gasteiger partial charge >= 0.3 is 0 Å². The number of allylic oxidation sites excluding steroid dienone is 2. The van der Waals surface area contributed by atoms with Gasteiger partial charge in [0.15, 0.2) is 0 Å². The molecule has 3 nitrogen and oxygen atoms in total. The molecule has 0 saturated carbocycles. The highest BCUT2D eigenvalue weighted by molar-refractivity contribution is 6.12. The zero-order valence-electron chi connectivity index (χ0n) is 37.3. The van der Waals surface area contributed by atoms with Crippen LogP contribution in [0.1, 0.15) is 17.0 Å². The third kappa shape index (κ3) is 6.79. The Morgan fingerprint density at radius 2 is 0.868 bits per heavy atom. The van der Waals surface area contributed by atoms with Gasteiger partial charge in [0.05, 0.1) is 17.1 Å². The van der Waals surface area contributed by atoms with Crippen molar-refractivity contribution < 1.29 is 0 Å². The third-order valence-electron chi connectivity index (χ3n) is 14.0. The highest BCUT2D eigenvalue weighted by atomic mass is 15.2. The SMILES string of the molecule is C1=CC2C(C=C1c1cccc(-c3ccc4c(c3)c3cc(-c5ccccc5-c5ccncc5)ccc3n4-c3ccccc3)c1)c1cc(-c3ccccc3-c3ccccc3)ccc1N2c1ccccc1. The van der Waals surface area contributed by atoms with Crippen LogP contribution in [0.2, 0.25) is 0 Å². The van der Waals surface area contributed by atoms with Crippen molar-refractivity contribution in [3.63, 3.8) is 0 Å². The minimum absolute atomic E-state index is 0.157. The van der Waals surface area contributed by atoms with Gasteiger partial charge in [0, 0.05) is 46.1 Å². The summed E-state index contributed by atoms with van der Waals surface area (Å²) in [5.74, 6) is 0.163. The van der Waals surface area contributed by atoms with Gasteiger partial charge in [-0.3, -0.25) is 4.98 Å². The van der Waals surface area contributed by atoms with Crippen LogP contribution in [-0.4, -0.2) is 15.6 Å². The smallest absolute Gasteiger partial charge is 0.0630 e. The zero-order valence-corrected chi connectivity index (χ0v) is 37.3. The van der Waals surface area contributed by atoms with Crippen molar-refractivity contribution in [3.8, 4) is 61.3 Å². The number of benzene rings is 9. The van der Waals surface area contributed by atoms with Gasteiger partial charge in [-0.2, -0.15) is 0 Å². The van der Waals surface area contributed by atoms with E-state index in [1.165, 1.54) is 100.0 Å². The van der Waals surface area contributed by atoms with E-state index in [9.17, 15) is 0 Å². The van der Waals surface area contributed by atoms with Gasteiger partial charge in [-0.05, 0) is 151 Å². The Kier molecular flexibility index (Phi) is 9.64. The Hall–Kier alpha value is -8.79. The molecule has 0 N–H and O–H groups in total. The van der Waals surface area contributed by atoms with E-state index < -0.39 is 0 Å². The van der Waals surface area contributed by atoms with Gasteiger partial charge in [-0.15, -0.1) is 0 Å². The number of aromatic nitrogens is 2. The molecule has 9 aromatic carbocycles. The number of para-hydroxylation sites is 2. The van der Waals surface area contributed by atoms with Crippen molar-refractivity contribution in [1.82, 2.24) is 9.55 Å². The van der Waals surface area contributed by atoms with Crippen LogP contribution in [0.5, 0.6) is 0 Å². The maximum atomic E-state index is 4.29. The molecular formula is C65H45N3. The lowest BCUT2D eigenvalue weighted by Crippen LogP contribution is -2.28. The fraction of sp³-hybridized carbons (Fsp3) is 0.0308. The molecule has 1 aliphatic heterocycles. The lowest BCUT2D eigenvalue weighted by atomic mass is 9.84. The van der Waals surface area contributed by atoms with Crippen LogP contribution in [-0.2, 0) is 0 Å². The standard InChI is InChI=1S/C65H45N3/c1-4-15-44(16-5-1)54-23-10-12-25-56(54)50-29-33-64-60(42-50)58-40-48(27-31-62(58)67(64)52-19-6-2-7-20-52)46-17-14-18-47(39-46)49-28-32-63-59(41-49)61-43-51(30-34-65(61)68(63)53-21-8-3-9-22-53)57-26-13-11-24-55(57)45-35-37-66-38-36-45/h1-43,58,62H. The predicted octanol–water partition coefficient (Wildman–Crippen LogP) is 16.8. The first-order valence-electron chi connectivity index (χ1n) is 23.5. The summed E-state index contributed by atoms with van der Waals surface area (Å²) in [5.41, 5.74) is 21.8. The van der Waals surface area contributed by atoms with E-state index in [1.807, 2.05) is 12.4 Å². The van der Waals surface area contributed by atoms with E-state index in [0.29, 0.717) is 0 Å². The Balaban J connectivity index is 0.909. The Morgan fingerprint density at radius 1 is 0.368 bits per heavy atom. The van der Waals surface area contributed by atoms with Crippen LogP contribution in [0, 0.1) is 0 Å². The topological polar surface area (TPSA) is 21.1 Å². The second kappa shape index (κ2) is 16.6. The first-order valence-corrected chi connectivity index (χ1v) is 23.5. The van der Waals surface area contributed by atoms with Crippen LogP contribution >= 0.6 is 0 Å². The van der Waals surface area contributed by atoms with E-state index >= 15 is 0 Å².